The van der Waals surface area contributed by atoms with Gasteiger partial charge in [-0.1, -0.05) is 18.6 Å². The van der Waals surface area contributed by atoms with Gasteiger partial charge in [0, 0.05) is 30.9 Å². The highest BCUT2D eigenvalue weighted by molar-refractivity contribution is 7.92. The van der Waals surface area contributed by atoms with E-state index in [-0.39, 0.29) is 11.5 Å². The second kappa shape index (κ2) is 8.67. The van der Waals surface area contributed by atoms with Crippen LogP contribution in [0.4, 0.5) is 0 Å². The minimum absolute atomic E-state index is 0.200. The number of aromatic nitrogens is 1. The van der Waals surface area contributed by atoms with E-state index in [4.69, 9.17) is 0 Å². The lowest BCUT2D eigenvalue weighted by Gasteiger charge is -2.18. The van der Waals surface area contributed by atoms with E-state index in [1.54, 1.807) is 20.8 Å². The smallest absolute Gasteiger partial charge is 0.155 e. The van der Waals surface area contributed by atoms with Gasteiger partial charge in [0.25, 0.3) is 0 Å². The molecule has 2 aromatic rings. The van der Waals surface area contributed by atoms with Crippen molar-refractivity contribution in [1.29, 1.82) is 0 Å². The molecule has 0 radical (unpaired) electrons. The fourth-order valence-corrected chi connectivity index (χ4v) is 3.90. The van der Waals surface area contributed by atoms with E-state index in [1.807, 2.05) is 53.4 Å². The molecule has 0 saturated carbocycles. The number of hydrogen-bond donors (Lipinski definition) is 0. The first-order valence-corrected chi connectivity index (χ1v) is 10.8. The molecule has 0 aliphatic rings. The maximum absolute atomic E-state index is 12.1. The summed E-state index contributed by atoms with van der Waals surface area (Å²) >= 11 is 0. The van der Waals surface area contributed by atoms with Gasteiger partial charge in [-0.25, -0.2) is 8.42 Å². The van der Waals surface area contributed by atoms with E-state index in [0.717, 1.165) is 24.1 Å². The SMILES string of the molecule is CC(C)(C)S(=O)(=O)CCCCCC(=O)Cc1ccc(-n2cccc2)cc1. The Bertz CT molecular complexity index is 798. The monoisotopic (exact) mass is 375 g/mol. The Balaban J connectivity index is 1.71. The average molecular weight is 376 g/mol. The second-order valence-electron chi connectivity index (χ2n) is 7.71. The van der Waals surface area contributed by atoms with Gasteiger partial charge in [-0.15, -0.1) is 0 Å². The summed E-state index contributed by atoms with van der Waals surface area (Å²) in [7, 11) is -3.06. The van der Waals surface area contributed by atoms with Crippen molar-refractivity contribution in [1.82, 2.24) is 4.57 Å². The van der Waals surface area contributed by atoms with E-state index in [9.17, 15) is 13.2 Å². The normalized spacial score (nSPS) is 12.3. The topological polar surface area (TPSA) is 56.1 Å². The largest absolute Gasteiger partial charge is 0.324 e. The van der Waals surface area contributed by atoms with Crippen LogP contribution in [0, 0.1) is 0 Å². The predicted octanol–water partition coefficient (Wildman–Crippen LogP) is 4.36. The van der Waals surface area contributed by atoms with E-state index >= 15 is 0 Å². The highest BCUT2D eigenvalue weighted by Crippen LogP contribution is 2.18. The molecule has 142 valence electrons. The van der Waals surface area contributed by atoms with Crippen molar-refractivity contribution in [2.24, 2.45) is 0 Å². The van der Waals surface area contributed by atoms with Crippen LogP contribution >= 0.6 is 0 Å². The third-order valence-corrected chi connectivity index (χ3v) is 7.23. The molecule has 0 saturated heterocycles. The van der Waals surface area contributed by atoms with Gasteiger partial charge in [0.05, 0.1) is 10.5 Å². The van der Waals surface area contributed by atoms with Gasteiger partial charge in [-0.2, -0.15) is 0 Å². The van der Waals surface area contributed by atoms with Crippen molar-refractivity contribution in [2.45, 2.75) is 57.6 Å². The number of hydrogen-bond acceptors (Lipinski definition) is 3. The lowest BCUT2D eigenvalue weighted by molar-refractivity contribution is -0.118. The molecule has 0 spiro atoms. The van der Waals surface area contributed by atoms with Gasteiger partial charge in [0.2, 0.25) is 0 Å². The molecule has 1 heterocycles. The van der Waals surface area contributed by atoms with E-state index in [1.165, 1.54) is 0 Å². The summed E-state index contributed by atoms with van der Waals surface area (Å²) in [6.45, 7) is 5.19. The van der Waals surface area contributed by atoms with Crippen LogP contribution in [0.15, 0.2) is 48.8 Å². The Morgan fingerprint density at radius 3 is 2.15 bits per heavy atom. The molecule has 0 unspecified atom stereocenters. The summed E-state index contributed by atoms with van der Waals surface area (Å²) in [6.07, 6.45) is 7.06. The first-order valence-electron chi connectivity index (χ1n) is 9.15. The maximum Gasteiger partial charge on any atom is 0.155 e. The number of carbonyl (C=O) groups is 1. The van der Waals surface area contributed by atoms with Gasteiger partial charge in [-0.3, -0.25) is 4.79 Å². The van der Waals surface area contributed by atoms with Crippen LogP contribution in [0.2, 0.25) is 0 Å². The zero-order valence-corrected chi connectivity index (χ0v) is 16.8. The third-order valence-electron chi connectivity index (χ3n) is 4.54. The number of benzene rings is 1. The molecule has 1 aromatic heterocycles. The standard InChI is InChI=1S/C21H29NO3S/c1-21(2,3)26(24,25)16-8-4-5-9-20(23)17-18-10-12-19(13-11-18)22-14-6-7-15-22/h6-7,10-15H,4-5,8-9,16-17H2,1-3H3. The van der Waals surface area contributed by atoms with Crippen LogP contribution in [0.3, 0.4) is 0 Å². The Kier molecular flexibility index (Phi) is 6.81. The summed E-state index contributed by atoms with van der Waals surface area (Å²) in [5, 5.41) is 0. The summed E-state index contributed by atoms with van der Waals surface area (Å²) in [5.41, 5.74) is 2.09. The first-order chi connectivity index (χ1) is 12.2. The zero-order valence-electron chi connectivity index (χ0n) is 15.9. The zero-order chi connectivity index (χ0) is 19.2. The summed E-state index contributed by atoms with van der Waals surface area (Å²) in [4.78, 5) is 12.1. The van der Waals surface area contributed by atoms with Crippen molar-refractivity contribution in [3.63, 3.8) is 0 Å². The van der Waals surface area contributed by atoms with Crippen molar-refractivity contribution >= 4 is 15.6 Å². The van der Waals surface area contributed by atoms with Crippen LogP contribution in [-0.4, -0.2) is 29.3 Å². The summed E-state index contributed by atoms with van der Waals surface area (Å²) in [5.74, 6) is 0.406. The number of sulfone groups is 1. The Labute approximate surface area is 157 Å². The van der Waals surface area contributed by atoms with Crippen molar-refractivity contribution < 1.29 is 13.2 Å². The lowest BCUT2D eigenvalue weighted by atomic mass is 10.0. The van der Waals surface area contributed by atoms with Gasteiger partial charge in [0.1, 0.15) is 5.78 Å². The number of ketones is 1. The third kappa shape index (κ3) is 5.84. The molecule has 0 amide bonds. The molecule has 0 N–H and O–H groups in total. The molecule has 2 rings (SSSR count). The highest BCUT2D eigenvalue weighted by Gasteiger charge is 2.27. The molecule has 1 aromatic carbocycles. The number of nitrogens with zero attached hydrogens (tertiary/aromatic N) is 1. The molecule has 0 bridgehead atoms. The Hall–Kier alpha value is -1.88. The van der Waals surface area contributed by atoms with Gasteiger partial charge >= 0.3 is 0 Å². The van der Waals surface area contributed by atoms with E-state index in [0.29, 0.717) is 19.3 Å². The van der Waals surface area contributed by atoms with Gasteiger partial charge < -0.3 is 4.57 Å². The van der Waals surface area contributed by atoms with Crippen molar-refractivity contribution in [2.75, 3.05) is 5.75 Å². The summed E-state index contributed by atoms with van der Waals surface area (Å²) in [6, 6.07) is 12.0. The fourth-order valence-electron chi connectivity index (χ4n) is 2.71. The van der Waals surface area contributed by atoms with E-state index in [2.05, 4.69) is 0 Å². The van der Waals surface area contributed by atoms with Crippen LogP contribution in [0.25, 0.3) is 5.69 Å². The van der Waals surface area contributed by atoms with Crippen LogP contribution in [0.5, 0.6) is 0 Å². The molecule has 0 fully saturated rings. The van der Waals surface area contributed by atoms with Gasteiger partial charge in [-0.05, 0) is 63.4 Å². The van der Waals surface area contributed by atoms with Gasteiger partial charge in [0.15, 0.2) is 9.84 Å². The first kappa shape index (κ1) is 20.4. The molecule has 26 heavy (non-hydrogen) atoms. The molecule has 0 aliphatic heterocycles. The average Bonchev–Trinajstić information content (AvgIpc) is 3.08. The minimum Gasteiger partial charge on any atom is -0.324 e. The minimum atomic E-state index is -3.06. The fraction of sp³-hybridized carbons (Fsp3) is 0.476. The lowest BCUT2D eigenvalue weighted by Crippen LogP contribution is -2.30. The molecule has 0 atom stereocenters. The molecule has 0 aliphatic carbocycles. The Morgan fingerprint density at radius 2 is 1.58 bits per heavy atom. The van der Waals surface area contributed by atoms with Crippen molar-refractivity contribution in [3.05, 3.63) is 54.4 Å². The van der Waals surface area contributed by atoms with Crippen LogP contribution < -0.4 is 0 Å². The maximum atomic E-state index is 12.1. The highest BCUT2D eigenvalue weighted by atomic mass is 32.2. The molecular weight excluding hydrogens is 346 g/mol. The summed E-state index contributed by atoms with van der Waals surface area (Å²) < 4.78 is 25.4. The Morgan fingerprint density at radius 1 is 0.962 bits per heavy atom. The second-order valence-corrected chi connectivity index (χ2v) is 10.6. The molecular formula is C21H29NO3S. The molecule has 5 heteroatoms. The van der Waals surface area contributed by atoms with Crippen molar-refractivity contribution in [3.8, 4) is 5.69 Å². The number of Topliss-reactive ketones (excluding diaryl/α,β-unsaturated/α-hetero) is 1. The van der Waals surface area contributed by atoms with E-state index < -0.39 is 14.6 Å². The number of carbonyl (C=O) groups excluding carboxylic acids is 1. The van der Waals surface area contributed by atoms with Crippen LogP contribution in [-0.2, 0) is 21.1 Å². The number of unbranched alkanes of at least 4 members (excludes halogenated alkanes) is 2. The van der Waals surface area contributed by atoms with Crippen LogP contribution in [0.1, 0.15) is 52.0 Å². The molecule has 4 nitrogen and oxygen atoms in total. The number of rotatable bonds is 9. The predicted molar refractivity (Wildman–Crippen MR) is 106 cm³/mol. The quantitative estimate of drug-likeness (QED) is 0.612.